The summed E-state index contributed by atoms with van der Waals surface area (Å²) in [4.78, 5) is 0. The molecule has 0 N–H and O–H groups in total. The van der Waals surface area contributed by atoms with Crippen molar-refractivity contribution in [3.05, 3.63) is 49.0 Å². The maximum Gasteiger partial charge on any atom is 0.137 e. The van der Waals surface area contributed by atoms with E-state index in [1.807, 2.05) is 10.7 Å². The van der Waals surface area contributed by atoms with E-state index >= 15 is 0 Å². The summed E-state index contributed by atoms with van der Waals surface area (Å²) in [5, 5.41) is 4.65. The molecule has 0 saturated heterocycles. The van der Waals surface area contributed by atoms with Gasteiger partial charge in [-0.1, -0.05) is 19.9 Å². The lowest BCUT2D eigenvalue weighted by molar-refractivity contribution is 0.613. The second-order valence-corrected chi connectivity index (χ2v) is 6.25. The van der Waals surface area contributed by atoms with Gasteiger partial charge in [0.1, 0.15) is 5.82 Å². The Morgan fingerprint density at radius 3 is 2.63 bits per heavy atom. The first-order valence-corrected chi connectivity index (χ1v) is 8.12. The number of aryl methyl sites for hydroxylation is 1. The molecule has 2 nitrogen and oxygen atoms in total. The van der Waals surface area contributed by atoms with E-state index in [2.05, 4.69) is 57.5 Å². The molecule has 0 atom stereocenters. The van der Waals surface area contributed by atoms with Crippen molar-refractivity contribution in [1.29, 1.82) is 0 Å². The number of rotatable bonds is 4. The molecular weight excluding hydrogens is 422 g/mol. The topological polar surface area (TPSA) is 17.8 Å². The van der Waals surface area contributed by atoms with Gasteiger partial charge in [0, 0.05) is 0 Å². The van der Waals surface area contributed by atoms with Crippen molar-refractivity contribution in [2.45, 2.75) is 33.2 Å². The van der Waals surface area contributed by atoms with Gasteiger partial charge in [-0.2, -0.15) is 5.10 Å². The molecule has 0 fully saturated rings. The largest absolute Gasteiger partial charge is 0.264 e. The number of halogens is 3. The minimum Gasteiger partial charge on any atom is -0.264 e. The molecule has 1 aromatic carbocycles. The van der Waals surface area contributed by atoms with Crippen LogP contribution in [0.25, 0.3) is 0 Å². The van der Waals surface area contributed by atoms with Crippen LogP contribution in [0.2, 0.25) is 0 Å². The number of benzene rings is 1. The first kappa shape index (κ1) is 15.0. The minimum absolute atomic E-state index is 0.233. The fourth-order valence-corrected chi connectivity index (χ4v) is 3.61. The van der Waals surface area contributed by atoms with Crippen LogP contribution in [0, 0.1) is 9.39 Å². The van der Waals surface area contributed by atoms with Gasteiger partial charge in [-0.25, -0.2) is 4.39 Å². The van der Waals surface area contributed by atoms with Crippen molar-refractivity contribution in [3.8, 4) is 0 Å². The molecule has 1 heterocycles. The zero-order valence-corrected chi connectivity index (χ0v) is 14.6. The molecule has 19 heavy (non-hydrogen) atoms. The summed E-state index contributed by atoms with van der Waals surface area (Å²) in [6.07, 6.45) is 1.89. The van der Waals surface area contributed by atoms with Crippen LogP contribution in [0.3, 0.4) is 0 Å². The molecule has 0 amide bonds. The lowest BCUT2D eigenvalue weighted by atomic mass is 10.2. The number of aromatic nitrogens is 2. The fraction of sp³-hybridized carbons (Fsp3) is 0.357. The Morgan fingerprint density at radius 2 is 2.05 bits per heavy atom. The Bertz CT molecular complexity index is 595. The number of hydrogen-bond acceptors (Lipinski definition) is 1. The quantitative estimate of drug-likeness (QED) is 0.642. The molecule has 0 saturated carbocycles. The molecule has 102 valence electrons. The van der Waals surface area contributed by atoms with Crippen LogP contribution in [0.5, 0.6) is 0 Å². The second-order valence-electron chi connectivity index (χ2n) is 4.32. The third-order valence-corrected chi connectivity index (χ3v) is 4.90. The van der Waals surface area contributed by atoms with Crippen LogP contribution >= 0.6 is 38.5 Å². The Hall–Kier alpha value is -0.430. The van der Waals surface area contributed by atoms with Crippen LogP contribution in [0.1, 0.15) is 30.8 Å². The van der Waals surface area contributed by atoms with E-state index in [0.717, 1.165) is 24.1 Å². The smallest absolute Gasteiger partial charge is 0.137 e. The van der Waals surface area contributed by atoms with E-state index in [4.69, 9.17) is 0 Å². The zero-order valence-electron chi connectivity index (χ0n) is 10.9. The standard InChI is InChI=1S/C14H15BrFIN2/c1-3-12-14(17)13(4-2)19(18-12)8-9-5-6-11(16)10(15)7-9/h5-7H,3-4,8H2,1-2H3. The van der Waals surface area contributed by atoms with Crippen LogP contribution < -0.4 is 0 Å². The highest BCUT2D eigenvalue weighted by Gasteiger charge is 2.13. The summed E-state index contributed by atoms with van der Waals surface area (Å²) in [7, 11) is 0. The van der Waals surface area contributed by atoms with Crippen molar-refractivity contribution < 1.29 is 4.39 Å². The summed E-state index contributed by atoms with van der Waals surface area (Å²) in [5.74, 6) is -0.233. The Morgan fingerprint density at radius 1 is 1.32 bits per heavy atom. The minimum atomic E-state index is -0.233. The molecule has 0 aliphatic carbocycles. The molecule has 2 aromatic rings. The maximum atomic E-state index is 13.2. The molecule has 0 bridgehead atoms. The van der Waals surface area contributed by atoms with E-state index in [0.29, 0.717) is 11.0 Å². The summed E-state index contributed by atoms with van der Waals surface area (Å²) in [6.45, 7) is 4.93. The molecule has 2 rings (SSSR count). The average Bonchev–Trinajstić information content (AvgIpc) is 2.69. The highest BCUT2D eigenvalue weighted by Crippen LogP contribution is 2.21. The highest BCUT2D eigenvalue weighted by molar-refractivity contribution is 14.1. The van der Waals surface area contributed by atoms with Crippen LogP contribution in [-0.4, -0.2) is 9.78 Å². The first-order valence-electron chi connectivity index (χ1n) is 6.24. The van der Waals surface area contributed by atoms with Crippen molar-refractivity contribution >= 4 is 38.5 Å². The lowest BCUT2D eigenvalue weighted by Crippen LogP contribution is -2.06. The average molecular weight is 437 g/mol. The summed E-state index contributed by atoms with van der Waals surface area (Å²) in [5.41, 5.74) is 3.43. The Balaban J connectivity index is 2.34. The molecule has 0 spiro atoms. The summed E-state index contributed by atoms with van der Waals surface area (Å²) >= 11 is 5.59. The van der Waals surface area contributed by atoms with E-state index in [1.54, 1.807) is 6.07 Å². The van der Waals surface area contributed by atoms with Gasteiger partial charge in [0.05, 0.1) is 26.0 Å². The van der Waals surface area contributed by atoms with Crippen LogP contribution in [0.4, 0.5) is 4.39 Å². The van der Waals surface area contributed by atoms with E-state index in [-0.39, 0.29) is 5.82 Å². The van der Waals surface area contributed by atoms with Crippen LogP contribution in [0.15, 0.2) is 22.7 Å². The van der Waals surface area contributed by atoms with Gasteiger partial charge in [-0.05, 0) is 69.1 Å². The summed E-state index contributed by atoms with van der Waals surface area (Å²) < 4.78 is 17.0. The van der Waals surface area contributed by atoms with Gasteiger partial charge >= 0.3 is 0 Å². The third-order valence-electron chi connectivity index (χ3n) is 3.05. The van der Waals surface area contributed by atoms with Gasteiger partial charge in [0.15, 0.2) is 0 Å². The van der Waals surface area contributed by atoms with Gasteiger partial charge in [-0.3, -0.25) is 4.68 Å². The number of nitrogens with zero attached hydrogens (tertiary/aromatic N) is 2. The van der Waals surface area contributed by atoms with Crippen molar-refractivity contribution in [3.63, 3.8) is 0 Å². The highest BCUT2D eigenvalue weighted by atomic mass is 127. The predicted octanol–water partition coefficient (Wildman–Crippen LogP) is 4.56. The molecular formula is C14H15BrFIN2. The van der Waals surface area contributed by atoms with Gasteiger partial charge in [0.25, 0.3) is 0 Å². The van der Waals surface area contributed by atoms with E-state index in [9.17, 15) is 4.39 Å². The number of hydrogen-bond donors (Lipinski definition) is 0. The monoisotopic (exact) mass is 436 g/mol. The van der Waals surface area contributed by atoms with Crippen molar-refractivity contribution in [2.24, 2.45) is 0 Å². The molecule has 0 aliphatic rings. The maximum absolute atomic E-state index is 13.2. The third kappa shape index (κ3) is 3.18. The Kier molecular flexibility index (Phi) is 5.00. The molecule has 5 heteroatoms. The molecule has 0 aliphatic heterocycles. The van der Waals surface area contributed by atoms with Crippen LogP contribution in [-0.2, 0) is 19.4 Å². The van der Waals surface area contributed by atoms with Crippen molar-refractivity contribution in [2.75, 3.05) is 0 Å². The fourth-order valence-electron chi connectivity index (χ4n) is 2.04. The SMILES string of the molecule is CCc1nn(Cc2ccc(F)c(Br)c2)c(CC)c1I. The first-order chi connectivity index (χ1) is 9.06. The van der Waals surface area contributed by atoms with Gasteiger partial charge in [0.2, 0.25) is 0 Å². The molecule has 0 radical (unpaired) electrons. The zero-order chi connectivity index (χ0) is 14.0. The second kappa shape index (κ2) is 6.35. The summed E-state index contributed by atoms with van der Waals surface area (Å²) in [6, 6.07) is 5.11. The molecule has 1 aromatic heterocycles. The predicted molar refractivity (Wildman–Crippen MR) is 86.9 cm³/mol. The van der Waals surface area contributed by atoms with Crippen molar-refractivity contribution in [1.82, 2.24) is 9.78 Å². The Labute approximate surface area is 134 Å². The normalized spacial score (nSPS) is 11.0. The van der Waals surface area contributed by atoms with E-state index in [1.165, 1.54) is 15.3 Å². The van der Waals surface area contributed by atoms with E-state index < -0.39 is 0 Å². The molecule has 0 unspecified atom stereocenters. The van der Waals surface area contributed by atoms with Gasteiger partial charge < -0.3 is 0 Å². The lowest BCUT2D eigenvalue weighted by Gasteiger charge is -2.07. The van der Waals surface area contributed by atoms with Gasteiger partial charge in [-0.15, -0.1) is 0 Å².